The van der Waals surface area contributed by atoms with E-state index in [9.17, 15) is 19.2 Å². The van der Waals surface area contributed by atoms with E-state index in [1.165, 1.54) is 17.0 Å². The molecule has 1 amide bonds. The Morgan fingerprint density at radius 1 is 0.880 bits per heavy atom. The number of ether oxygens (including phenoxy) is 3. The van der Waals surface area contributed by atoms with Crippen molar-refractivity contribution in [2.75, 3.05) is 32.8 Å². The standard InChI is InChI=1S/C17H19NO7/c1-23-15(20)11-8-10(18-7-5-4-6-13(18)19)9-12(16(21)24-2)14(11)17(22)25-3/h8-9H,4-7H2,1-3H3. The highest BCUT2D eigenvalue weighted by Crippen LogP contribution is 2.28. The Morgan fingerprint density at radius 3 is 1.84 bits per heavy atom. The summed E-state index contributed by atoms with van der Waals surface area (Å²) in [6.45, 7) is 0.456. The molecule has 2 rings (SSSR count). The Bertz CT molecular complexity index is 689. The average molecular weight is 349 g/mol. The molecular formula is C17H19NO7. The Kier molecular flexibility index (Phi) is 5.74. The normalized spacial score (nSPS) is 14.0. The summed E-state index contributed by atoms with van der Waals surface area (Å²) in [5.74, 6) is -2.64. The molecule has 0 aliphatic carbocycles. The van der Waals surface area contributed by atoms with Crippen LogP contribution in [-0.2, 0) is 19.0 Å². The first-order chi connectivity index (χ1) is 11.9. The van der Waals surface area contributed by atoms with Crippen LogP contribution in [0.15, 0.2) is 12.1 Å². The number of benzene rings is 1. The number of hydrogen-bond donors (Lipinski definition) is 0. The second kappa shape index (κ2) is 7.78. The third-order valence-corrected chi connectivity index (χ3v) is 3.96. The van der Waals surface area contributed by atoms with Crippen molar-refractivity contribution in [3.8, 4) is 0 Å². The largest absolute Gasteiger partial charge is 0.465 e. The SMILES string of the molecule is COC(=O)c1cc(N2CCCCC2=O)cc(C(=O)OC)c1C(=O)OC. The first kappa shape index (κ1) is 18.4. The minimum absolute atomic E-state index is 0.122. The van der Waals surface area contributed by atoms with E-state index in [1.807, 2.05) is 0 Å². The molecule has 0 spiro atoms. The number of methoxy groups -OCH3 is 3. The molecule has 1 aromatic rings. The molecule has 25 heavy (non-hydrogen) atoms. The van der Waals surface area contributed by atoms with Gasteiger partial charge in [-0.1, -0.05) is 0 Å². The summed E-state index contributed by atoms with van der Waals surface area (Å²) in [5.41, 5.74) is -0.246. The molecule has 0 saturated carbocycles. The molecule has 0 bridgehead atoms. The maximum absolute atomic E-state index is 12.2. The van der Waals surface area contributed by atoms with Crippen molar-refractivity contribution in [3.63, 3.8) is 0 Å². The van der Waals surface area contributed by atoms with Gasteiger partial charge in [-0.25, -0.2) is 14.4 Å². The maximum atomic E-state index is 12.2. The molecule has 0 aromatic heterocycles. The van der Waals surface area contributed by atoms with Crippen molar-refractivity contribution in [2.24, 2.45) is 0 Å². The zero-order valence-electron chi connectivity index (χ0n) is 14.3. The van der Waals surface area contributed by atoms with Crippen LogP contribution >= 0.6 is 0 Å². The Hall–Kier alpha value is -2.90. The van der Waals surface area contributed by atoms with E-state index in [-0.39, 0.29) is 22.6 Å². The summed E-state index contributed by atoms with van der Waals surface area (Å²) in [7, 11) is 3.44. The third-order valence-electron chi connectivity index (χ3n) is 3.96. The summed E-state index contributed by atoms with van der Waals surface area (Å²) in [5, 5.41) is 0. The van der Waals surface area contributed by atoms with Gasteiger partial charge in [-0.3, -0.25) is 4.79 Å². The highest BCUT2D eigenvalue weighted by molar-refractivity contribution is 6.12. The third kappa shape index (κ3) is 3.62. The zero-order chi connectivity index (χ0) is 18.6. The lowest BCUT2D eigenvalue weighted by molar-refractivity contribution is -0.119. The molecule has 8 heteroatoms. The highest BCUT2D eigenvalue weighted by Gasteiger charge is 2.30. The number of hydrogen-bond acceptors (Lipinski definition) is 7. The van der Waals surface area contributed by atoms with Crippen molar-refractivity contribution < 1.29 is 33.4 Å². The number of esters is 3. The summed E-state index contributed by atoms with van der Waals surface area (Å²) >= 11 is 0. The molecule has 134 valence electrons. The van der Waals surface area contributed by atoms with Crippen LogP contribution in [0.25, 0.3) is 0 Å². The second-order valence-electron chi connectivity index (χ2n) is 5.39. The van der Waals surface area contributed by atoms with Crippen LogP contribution in [0.5, 0.6) is 0 Å². The minimum atomic E-state index is -0.877. The average Bonchev–Trinajstić information content (AvgIpc) is 2.65. The highest BCUT2D eigenvalue weighted by atomic mass is 16.5. The van der Waals surface area contributed by atoms with Gasteiger partial charge < -0.3 is 19.1 Å². The number of amides is 1. The fourth-order valence-corrected chi connectivity index (χ4v) is 2.73. The number of anilines is 1. The topological polar surface area (TPSA) is 99.2 Å². The summed E-state index contributed by atoms with van der Waals surface area (Å²) in [4.78, 5) is 50.1. The van der Waals surface area contributed by atoms with Gasteiger partial charge in [0.1, 0.15) is 0 Å². The van der Waals surface area contributed by atoms with Crippen molar-refractivity contribution >= 4 is 29.5 Å². The van der Waals surface area contributed by atoms with E-state index in [4.69, 9.17) is 9.47 Å². The minimum Gasteiger partial charge on any atom is -0.465 e. The second-order valence-corrected chi connectivity index (χ2v) is 5.39. The van der Waals surface area contributed by atoms with Crippen LogP contribution in [0, 0.1) is 0 Å². The van der Waals surface area contributed by atoms with Crippen LogP contribution in [0.1, 0.15) is 50.3 Å². The number of carbonyl (C=O) groups excluding carboxylic acids is 4. The lowest BCUT2D eigenvalue weighted by Crippen LogP contribution is -2.35. The Morgan fingerprint density at radius 2 is 1.40 bits per heavy atom. The van der Waals surface area contributed by atoms with Gasteiger partial charge in [0.15, 0.2) is 0 Å². The lowest BCUT2D eigenvalue weighted by atomic mass is 9.98. The van der Waals surface area contributed by atoms with Gasteiger partial charge in [0.25, 0.3) is 0 Å². The quantitative estimate of drug-likeness (QED) is 0.601. The first-order valence-electron chi connectivity index (χ1n) is 7.68. The van der Waals surface area contributed by atoms with E-state index in [2.05, 4.69) is 4.74 Å². The van der Waals surface area contributed by atoms with Crippen LogP contribution in [0.3, 0.4) is 0 Å². The summed E-state index contributed by atoms with van der Waals surface area (Å²) < 4.78 is 14.1. The molecule has 0 radical (unpaired) electrons. The van der Waals surface area contributed by atoms with Gasteiger partial charge in [0.2, 0.25) is 5.91 Å². The molecular weight excluding hydrogens is 330 g/mol. The number of rotatable bonds is 4. The van der Waals surface area contributed by atoms with Gasteiger partial charge in [0.05, 0.1) is 38.0 Å². The van der Waals surface area contributed by atoms with Crippen molar-refractivity contribution in [3.05, 3.63) is 28.8 Å². The van der Waals surface area contributed by atoms with E-state index in [0.29, 0.717) is 18.7 Å². The monoisotopic (exact) mass is 349 g/mol. The summed E-state index contributed by atoms with van der Waals surface area (Å²) in [6, 6.07) is 2.71. The fraction of sp³-hybridized carbons (Fsp3) is 0.412. The molecule has 1 aromatic carbocycles. The van der Waals surface area contributed by atoms with Crippen molar-refractivity contribution in [1.82, 2.24) is 0 Å². The first-order valence-corrected chi connectivity index (χ1v) is 7.68. The summed E-state index contributed by atoms with van der Waals surface area (Å²) in [6.07, 6.45) is 1.95. The van der Waals surface area contributed by atoms with Gasteiger partial charge in [-0.15, -0.1) is 0 Å². The van der Waals surface area contributed by atoms with E-state index >= 15 is 0 Å². The molecule has 1 fully saturated rings. The molecule has 0 N–H and O–H groups in total. The van der Waals surface area contributed by atoms with Crippen molar-refractivity contribution in [1.29, 1.82) is 0 Å². The van der Waals surface area contributed by atoms with Crippen LogP contribution < -0.4 is 4.90 Å². The molecule has 1 saturated heterocycles. The lowest BCUT2D eigenvalue weighted by Gasteiger charge is -2.28. The molecule has 0 unspecified atom stereocenters. The molecule has 1 aliphatic rings. The van der Waals surface area contributed by atoms with E-state index < -0.39 is 17.9 Å². The maximum Gasteiger partial charge on any atom is 0.339 e. The Balaban J connectivity index is 2.71. The van der Waals surface area contributed by atoms with Crippen molar-refractivity contribution in [2.45, 2.75) is 19.3 Å². The number of carbonyl (C=O) groups is 4. The molecule has 8 nitrogen and oxygen atoms in total. The molecule has 1 aliphatic heterocycles. The van der Waals surface area contributed by atoms with Gasteiger partial charge >= 0.3 is 17.9 Å². The molecule has 0 atom stereocenters. The number of nitrogens with zero attached hydrogens (tertiary/aromatic N) is 1. The van der Waals surface area contributed by atoms with Crippen LogP contribution in [0.4, 0.5) is 5.69 Å². The van der Waals surface area contributed by atoms with E-state index in [1.54, 1.807) is 0 Å². The van der Waals surface area contributed by atoms with Gasteiger partial charge in [-0.2, -0.15) is 0 Å². The van der Waals surface area contributed by atoms with Crippen LogP contribution in [0.2, 0.25) is 0 Å². The fourth-order valence-electron chi connectivity index (χ4n) is 2.73. The zero-order valence-corrected chi connectivity index (χ0v) is 14.3. The predicted octanol–water partition coefficient (Wildman–Crippen LogP) is 1.56. The van der Waals surface area contributed by atoms with Gasteiger partial charge in [-0.05, 0) is 25.0 Å². The number of piperidine rings is 1. The van der Waals surface area contributed by atoms with Gasteiger partial charge in [0, 0.05) is 18.7 Å². The predicted molar refractivity (Wildman–Crippen MR) is 86.7 cm³/mol. The smallest absolute Gasteiger partial charge is 0.339 e. The molecule has 1 heterocycles. The Labute approximate surface area is 144 Å². The van der Waals surface area contributed by atoms with E-state index in [0.717, 1.165) is 34.2 Å². The van der Waals surface area contributed by atoms with Crippen LogP contribution in [-0.4, -0.2) is 51.7 Å².